The molecular formula is C11H12ClNO2. The van der Waals surface area contributed by atoms with Crippen LogP contribution in [-0.2, 0) is 4.74 Å². The van der Waals surface area contributed by atoms with Gasteiger partial charge in [0.25, 0.3) is 0 Å². The number of cyclic esters (lactones) is 1. The monoisotopic (exact) mass is 225 g/mol. The van der Waals surface area contributed by atoms with Crippen molar-refractivity contribution in [2.45, 2.75) is 19.4 Å². The summed E-state index contributed by atoms with van der Waals surface area (Å²) in [6.45, 7) is 2.43. The molecule has 1 fully saturated rings. The van der Waals surface area contributed by atoms with Crippen LogP contribution in [0.2, 0.25) is 5.02 Å². The highest BCUT2D eigenvalue weighted by Gasteiger charge is 2.23. The number of rotatable bonds is 1. The highest BCUT2D eigenvalue weighted by molar-refractivity contribution is 6.31. The second kappa shape index (κ2) is 4.11. The molecule has 3 nitrogen and oxygen atoms in total. The molecular weight excluding hydrogens is 214 g/mol. The van der Waals surface area contributed by atoms with Crippen LogP contribution in [0.1, 0.15) is 23.6 Å². The van der Waals surface area contributed by atoms with Gasteiger partial charge in [0.05, 0.1) is 12.6 Å². The van der Waals surface area contributed by atoms with Gasteiger partial charge < -0.3 is 10.1 Å². The molecule has 2 rings (SSSR count). The van der Waals surface area contributed by atoms with Crippen LogP contribution in [0, 0.1) is 6.92 Å². The molecule has 0 bridgehead atoms. The molecule has 4 heteroatoms. The lowest BCUT2D eigenvalue weighted by atomic mass is 9.98. The van der Waals surface area contributed by atoms with Gasteiger partial charge in [0, 0.05) is 11.4 Å². The Bertz CT molecular complexity index is 372. The van der Waals surface area contributed by atoms with Crippen molar-refractivity contribution >= 4 is 17.7 Å². The van der Waals surface area contributed by atoms with E-state index in [0.717, 1.165) is 17.5 Å². The topological polar surface area (TPSA) is 38.3 Å². The Hall–Kier alpha value is -1.22. The second-order valence-corrected chi connectivity index (χ2v) is 4.00. The molecule has 1 atom stereocenters. The van der Waals surface area contributed by atoms with Crippen molar-refractivity contribution in [1.82, 2.24) is 5.32 Å². The van der Waals surface area contributed by atoms with E-state index in [4.69, 9.17) is 16.3 Å². The number of hydrogen-bond acceptors (Lipinski definition) is 2. The lowest BCUT2D eigenvalue weighted by molar-refractivity contribution is 0.115. The quantitative estimate of drug-likeness (QED) is 0.798. The van der Waals surface area contributed by atoms with Crippen LogP contribution in [0.3, 0.4) is 0 Å². The van der Waals surface area contributed by atoms with Gasteiger partial charge in [0.1, 0.15) is 0 Å². The predicted octanol–water partition coefficient (Wildman–Crippen LogP) is 2.82. The van der Waals surface area contributed by atoms with Crippen LogP contribution >= 0.6 is 11.6 Å². The minimum atomic E-state index is -0.370. The Balaban J connectivity index is 2.32. The van der Waals surface area contributed by atoms with Crippen LogP contribution in [-0.4, -0.2) is 12.7 Å². The van der Waals surface area contributed by atoms with E-state index >= 15 is 0 Å². The smallest absolute Gasteiger partial charge is 0.407 e. The Kier molecular flexibility index (Phi) is 2.82. The van der Waals surface area contributed by atoms with Gasteiger partial charge in [-0.3, -0.25) is 0 Å². The third kappa shape index (κ3) is 2.07. The van der Waals surface area contributed by atoms with Crippen molar-refractivity contribution in [2.24, 2.45) is 0 Å². The summed E-state index contributed by atoms with van der Waals surface area (Å²) in [5, 5.41) is 3.47. The molecule has 0 saturated carbocycles. The molecule has 1 aliphatic rings. The number of alkyl carbamates (subject to hydrolysis) is 1. The van der Waals surface area contributed by atoms with Crippen molar-refractivity contribution in [3.05, 3.63) is 34.3 Å². The molecule has 0 radical (unpaired) electrons. The van der Waals surface area contributed by atoms with E-state index in [0.29, 0.717) is 11.6 Å². The van der Waals surface area contributed by atoms with E-state index in [1.807, 2.05) is 25.1 Å². The van der Waals surface area contributed by atoms with E-state index in [2.05, 4.69) is 5.32 Å². The number of carbonyl (C=O) groups is 1. The van der Waals surface area contributed by atoms with Crippen LogP contribution in [0.5, 0.6) is 0 Å². The largest absolute Gasteiger partial charge is 0.449 e. The maximum absolute atomic E-state index is 11.1. The van der Waals surface area contributed by atoms with Gasteiger partial charge >= 0.3 is 6.09 Å². The Morgan fingerprint density at radius 1 is 1.53 bits per heavy atom. The van der Waals surface area contributed by atoms with E-state index in [-0.39, 0.29) is 12.1 Å². The molecule has 0 spiro atoms. The predicted molar refractivity (Wildman–Crippen MR) is 58.0 cm³/mol. The fraction of sp³-hybridized carbons (Fsp3) is 0.364. The molecule has 0 aromatic heterocycles. The summed E-state index contributed by atoms with van der Waals surface area (Å²) >= 11 is 6.12. The number of halogens is 1. The van der Waals surface area contributed by atoms with E-state index in [1.165, 1.54) is 0 Å². The van der Waals surface area contributed by atoms with Gasteiger partial charge in [-0.1, -0.05) is 23.7 Å². The lowest BCUT2D eigenvalue weighted by Gasteiger charge is -2.25. The highest BCUT2D eigenvalue weighted by Crippen LogP contribution is 2.29. The van der Waals surface area contributed by atoms with Crippen molar-refractivity contribution < 1.29 is 9.53 Å². The lowest BCUT2D eigenvalue weighted by Crippen LogP contribution is -2.35. The molecule has 1 aromatic carbocycles. The fourth-order valence-electron chi connectivity index (χ4n) is 1.83. The molecule has 1 aromatic rings. The van der Waals surface area contributed by atoms with Gasteiger partial charge in [-0.05, 0) is 24.1 Å². The SMILES string of the molecule is Cc1cccc(Cl)c1[C@@H]1CCOC(=O)N1. The molecule has 1 N–H and O–H groups in total. The van der Waals surface area contributed by atoms with E-state index in [9.17, 15) is 4.79 Å². The summed E-state index contributed by atoms with van der Waals surface area (Å²) in [4.78, 5) is 11.1. The van der Waals surface area contributed by atoms with E-state index in [1.54, 1.807) is 0 Å². The van der Waals surface area contributed by atoms with Crippen molar-refractivity contribution in [2.75, 3.05) is 6.61 Å². The van der Waals surface area contributed by atoms with Gasteiger partial charge in [-0.25, -0.2) is 4.79 Å². The van der Waals surface area contributed by atoms with Crippen molar-refractivity contribution in [3.63, 3.8) is 0 Å². The van der Waals surface area contributed by atoms with Gasteiger partial charge in [0.15, 0.2) is 0 Å². The molecule has 0 unspecified atom stereocenters. The van der Waals surface area contributed by atoms with Crippen molar-refractivity contribution in [3.8, 4) is 0 Å². The average molecular weight is 226 g/mol. The normalized spacial score (nSPS) is 20.7. The third-order valence-electron chi connectivity index (χ3n) is 2.55. The van der Waals surface area contributed by atoms with Crippen LogP contribution < -0.4 is 5.32 Å². The number of aryl methyl sites for hydroxylation is 1. The number of benzene rings is 1. The minimum absolute atomic E-state index is 0.0278. The van der Waals surface area contributed by atoms with Crippen LogP contribution in [0.25, 0.3) is 0 Å². The number of ether oxygens (including phenoxy) is 1. The number of nitrogens with one attached hydrogen (secondary N) is 1. The summed E-state index contributed by atoms with van der Waals surface area (Å²) in [6.07, 6.45) is 0.390. The third-order valence-corrected chi connectivity index (χ3v) is 2.88. The summed E-state index contributed by atoms with van der Waals surface area (Å²) < 4.78 is 4.82. The fourth-order valence-corrected chi connectivity index (χ4v) is 2.18. The number of carbonyl (C=O) groups excluding carboxylic acids is 1. The zero-order chi connectivity index (χ0) is 10.8. The molecule has 0 aliphatic carbocycles. The standard InChI is InChI=1S/C11H12ClNO2/c1-7-3-2-4-8(12)10(7)9-5-6-15-11(14)13-9/h2-4,9H,5-6H2,1H3,(H,13,14)/t9-/m0/s1. The zero-order valence-corrected chi connectivity index (χ0v) is 9.17. The van der Waals surface area contributed by atoms with Gasteiger partial charge in [-0.15, -0.1) is 0 Å². The molecule has 1 saturated heterocycles. The first-order valence-electron chi connectivity index (χ1n) is 4.87. The average Bonchev–Trinajstić information content (AvgIpc) is 2.17. The Labute approximate surface area is 93.4 Å². The Morgan fingerprint density at radius 2 is 2.33 bits per heavy atom. The molecule has 15 heavy (non-hydrogen) atoms. The molecule has 80 valence electrons. The summed E-state index contributed by atoms with van der Waals surface area (Å²) in [5.41, 5.74) is 2.09. The molecule has 1 aliphatic heterocycles. The minimum Gasteiger partial charge on any atom is -0.449 e. The van der Waals surface area contributed by atoms with Gasteiger partial charge in [-0.2, -0.15) is 0 Å². The van der Waals surface area contributed by atoms with E-state index < -0.39 is 0 Å². The second-order valence-electron chi connectivity index (χ2n) is 3.59. The Morgan fingerprint density at radius 3 is 3.00 bits per heavy atom. The maximum Gasteiger partial charge on any atom is 0.407 e. The maximum atomic E-state index is 11.1. The van der Waals surface area contributed by atoms with Crippen LogP contribution in [0.4, 0.5) is 4.79 Å². The zero-order valence-electron chi connectivity index (χ0n) is 8.42. The summed E-state index contributed by atoms with van der Waals surface area (Å²) in [7, 11) is 0. The van der Waals surface area contributed by atoms with Crippen LogP contribution in [0.15, 0.2) is 18.2 Å². The van der Waals surface area contributed by atoms with Gasteiger partial charge in [0.2, 0.25) is 0 Å². The number of amides is 1. The summed E-state index contributed by atoms with van der Waals surface area (Å²) in [6, 6.07) is 5.70. The summed E-state index contributed by atoms with van der Waals surface area (Å²) in [5.74, 6) is 0. The first-order chi connectivity index (χ1) is 7.18. The van der Waals surface area contributed by atoms with Crippen molar-refractivity contribution in [1.29, 1.82) is 0 Å². The molecule has 1 amide bonds. The molecule has 1 heterocycles. The first kappa shape index (κ1) is 10.3. The number of hydrogen-bond donors (Lipinski definition) is 1. The highest BCUT2D eigenvalue weighted by atomic mass is 35.5. The first-order valence-corrected chi connectivity index (χ1v) is 5.24.